The number of aromatic nitrogens is 2. The number of imidazole rings is 1. The van der Waals surface area contributed by atoms with Crippen molar-refractivity contribution in [3.63, 3.8) is 0 Å². The highest BCUT2D eigenvalue weighted by Crippen LogP contribution is 2.38. The average Bonchev–Trinajstić information content (AvgIpc) is 3.23. The highest BCUT2D eigenvalue weighted by Gasteiger charge is 2.36. The Balaban J connectivity index is 1.61. The minimum atomic E-state index is -1.07. The maximum absolute atomic E-state index is 14.2. The molecule has 1 aromatic heterocycles. The van der Waals surface area contributed by atoms with Crippen LogP contribution in [0.2, 0.25) is 5.02 Å². The third-order valence-electron chi connectivity index (χ3n) is 7.70. The molecule has 2 N–H and O–H groups in total. The van der Waals surface area contributed by atoms with Crippen LogP contribution in [0, 0.1) is 11.7 Å². The van der Waals surface area contributed by atoms with Gasteiger partial charge in [0.2, 0.25) is 5.91 Å². The summed E-state index contributed by atoms with van der Waals surface area (Å²) in [6, 6.07) is 11.1. The van der Waals surface area contributed by atoms with Crippen LogP contribution in [0.3, 0.4) is 0 Å². The molecule has 2 saturated carbocycles. The molecule has 186 valence electrons. The summed E-state index contributed by atoms with van der Waals surface area (Å²) >= 11 is 6.06. The fraction of sp³-hybridized carbons (Fsp3) is 0.500. The third-order valence-corrected chi connectivity index (χ3v) is 7.96. The SMILES string of the molecule is O=C(NC1CCCCC1)C(C1CCCCC1)n1c(C(O)c2ccc(Cl)cc2)nc2cc(F)ccc21. The topological polar surface area (TPSA) is 67.2 Å². The first-order valence-corrected chi connectivity index (χ1v) is 13.3. The van der Waals surface area contributed by atoms with Crippen LogP contribution in [0.4, 0.5) is 4.39 Å². The van der Waals surface area contributed by atoms with Gasteiger partial charge in [-0.3, -0.25) is 4.79 Å². The molecule has 5 rings (SSSR count). The van der Waals surface area contributed by atoms with E-state index in [4.69, 9.17) is 11.6 Å². The lowest BCUT2D eigenvalue weighted by Gasteiger charge is -2.34. The number of nitrogens with one attached hydrogen (secondary N) is 1. The van der Waals surface area contributed by atoms with Gasteiger partial charge in [-0.2, -0.15) is 0 Å². The first-order chi connectivity index (χ1) is 17.0. The van der Waals surface area contributed by atoms with Gasteiger partial charge in [-0.25, -0.2) is 9.37 Å². The number of aliphatic hydroxyl groups is 1. The highest BCUT2D eigenvalue weighted by atomic mass is 35.5. The molecule has 2 aliphatic rings. The molecule has 1 heterocycles. The number of hydrogen-bond acceptors (Lipinski definition) is 3. The first-order valence-electron chi connectivity index (χ1n) is 12.9. The lowest BCUT2D eigenvalue weighted by atomic mass is 9.82. The Labute approximate surface area is 210 Å². The summed E-state index contributed by atoms with van der Waals surface area (Å²) in [5.41, 5.74) is 1.74. The summed E-state index contributed by atoms with van der Waals surface area (Å²) in [7, 11) is 0. The van der Waals surface area contributed by atoms with Gasteiger partial charge in [0.1, 0.15) is 23.8 Å². The van der Waals surface area contributed by atoms with Gasteiger partial charge in [-0.1, -0.05) is 62.3 Å². The van der Waals surface area contributed by atoms with Crippen molar-refractivity contribution in [1.29, 1.82) is 0 Å². The minimum Gasteiger partial charge on any atom is -0.380 e. The molecular formula is C28H33ClFN3O2. The molecule has 2 unspecified atom stereocenters. The fourth-order valence-electron chi connectivity index (χ4n) is 5.90. The number of hydrogen-bond donors (Lipinski definition) is 2. The maximum atomic E-state index is 14.2. The van der Waals surface area contributed by atoms with E-state index in [0.717, 1.165) is 51.4 Å². The van der Waals surface area contributed by atoms with Crippen molar-refractivity contribution in [2.45, 2.75) is 82.4 Å². The quantitative estimate of drug-likeness (QED) is 0.409. The molecule has 1 amide bonds. The number of benzene rings is 2. The van der Waals surface area contributed by atoms with E-state index in [-0.39, 0.29) is 17.9 Å². The van der Waals surface area contributed by atoms with Crippen LogP contribution in [-0.4, -0.2) is 26.6 Å². The number of aliphatic hydroxyl groups excluding tert-OH is 1. The number of halogens is 2. The summed E-state index contributed by atoms with van der Waals surface area (Å²) in [4.78, 5) is 18.6. The van der Waals surface area contributed by atoms with Gasteiger partial charge in [-0.15, -0.1) is 0 Å². The number of rotatable bonds is 6. The Kier molecular flexibility index (Phi) is 7.40. The molecule has 0 radical (unpaired) electrons. The number of carbonyl (C=O) groups is 1. The zero-order valence-corrected chi connectivity index (χ0v) is 20.7. The van der Waals surface area contributed by atoms with Gasteiger partial charge in [0.15, 0.2) is 0 Å². The van der Waals surface area contributed by atoms with Gasteiger partial charge in [-0.05, 0) is 61.4 Å². The predicted molar refractivity (Wildman–Crippen MR) is 136 cm³/mol. The van der Waals surface area contributed by atoms with E-state index in [0.29, 0.717) is 27.4 Å². The highest BCUT2D eigenvalue weighted by molar-refractivity contribution is 6.30. The summed E-state index contributed by atoms with van der Waals surface area (Å²) in [5.74, 6) is 0.0841. The van der Waals surface area contributed by atoms with Crippen LogP contribution in [0.25, 0.3) is 11.0 Å². The average molecular weight is 498 g/mol. The van der Waals surface area contributed by atoms with Gasteiger partial charge in [0.25, 0.3) is 0 Å². The molecule has 2 aliphatic carbocycles. The Morgan fingerprint density at radius 3 is 2.34 bits per heavy atom. The van der Waals surface area contributed by atoms with Gasteiger partial charge in [0.05, 0.1) is 11.0 Å². The van der Waals surface area contributed by atoms with E-state index >= 15 is 0 Å². The van der Waals surface area contributed by atoms with E-state index in [2.05, 4.69) is 10.3 Å². The number of carbonyl (C=O) groups excluding carboxylic acids is 1. The van der Waals surface area contributed by atoms with Crippen LogP contribution < -0.4 is 5.32 Å². The van der Waals surface area contributed by atoms with E-state index < -0.39 is 18.0 Å². The zero-order chi connectivity index (χ0) is 24.4. The van der Waals surface area contributed by atoms with Crippen molar-refractivity contribution in [2.24, 2.45) is 5.92 Å². The Morgan fingerprint density at radius 1 is 1.00 bits per heavy atom. The number of nitrogens with zero attached hydrogens (tertiary/aromatic N) is 2. The third kappa shape index (κ3) is 5.24. The molecule has 2 atom stereocenters. The van der Waals surface area contributed by atoms with Crippen molar-refractivity contribution in [2.75, 3.05) is 0 Å². The van der Waals surface area contributed by atoms with Crippen molar-refractivity contribution >= 4 is 28.5 Å². The smallest absolute Gasteiger partial charge is 0.243 e. The molecule has 3 aromatic rings. The summed E-state index contributed by atoms with van der Waals surface area (Å²) < 4.78 is 16.1. The standard InChI is InChI=1S/C28H33ClFN3O2/c29-20-13-11-19(12-14-20)26(34)27-32-23-17-21(30)15-16-24(23)33(27)25(18-7-3-1-4-8-18)28(35)31-22-9-5-2-6-10-22/h11-18,22,25-26,34H,1-10H2,(H,31,35). The van der Waals surface area contributed by atoms with Crippen LogP contribution >= 0.6 is 11.6 Å². The molecule has 0 saturated heterocycles. The predicted octanol–water partition coefficient (Wildman–Crippen LogP) is 6.48. The van der Waals surface area contributed by atoms with Crippen LogP contribution in [-0.2, 0) is 4.79 Å². The lowest BCUT2D eigenvalue weighted by molar-refractivity contribution is -0.127. The van der Waals surface area contributed by atoms with Crippen LogP contribution in [0.5, 0.6) is 0 Å². The van der Waals surface area contributed by atoms with Crippen molar-refractivity contribution in [3.05, 3.63) is 64.7 Å². The van der Waals surface area contributed by atoms with Crippen molar-refractivity contribution in [3.8, 4) is 0 Å². The summed E-state index contributed by atoms with van der Waals surface area (Å²) in [6.07, 6.45) is 9.62. The van der Waals surface area contributed by atoms with Crippen molar-refractivity contribution in [1.82, 2.24) is 14.9 Å². The van der Waals surface area contributed by atoms with E-state index in [1.54, 1.807) is 30.3 Å². The van der Waals surface area contributed by atoms with Gasteiger partial charge in [0, 0.05) is 17.1 Å². The Morgan fingerprint density at radius 2 is 1.66 bits per heavy atom. The largest absolute Gasteiger partial charge is 0.380 e. The van der Waals surface area contributed by atoms with E-state index in [1.165, 1.54) is 25.0 Å². The second-order valence-electron chi connectivity index (χ2n) is 10.1. The molecule has 0 aliphatic heterocycles. The maximum Gasteiger partial charge on any atom is 0.243 e. The lowest BCUT2D eigenvalue weighted by Crippen LogP contribution is -2.44. The fourth-order valence-corrected chi connectivity index (χ4v) is 6.02. The monoisotopic (exact) mass is 497 g/mol. The summed E-state index contributed by atoms with van der Waals surface area (Å²) in [5, 5.41) is 15.3. The second-order valence-corrected chi connectivity index (χ2v) is 10.6. The van der Waals surface area contributed by atoms with E-state index in [1.807, 2.05) is 4.57 Å². The molecule has 2 aromatic carbocycles. The van der Waals surface area contributed by atoms with Crippen LogP contribution in [0.1, 0.15) is 87.7 Å². The van der Waals surface area contributed by atoms with E-state index in [9.17, 15) is 14.3 Å². The number of amides is 1. The Hall–Kier alpha value is -2.44. The summed E-state index contributed by atoms with van der Waals surface area (Å²) in [6.45, 7) is 0. The molecule has 0 bridgehead atoms. The molecule has 2 fully saturated rings. The zero-order valence-electron chi connectivity index (χ0n) is 19.9. The van der Waals surface area contributed by atoms with Crippen molar-refractivity contribution < 1.29 is 14.3 Å². The molecule has 0 spiro atoms. The van der Waals surface area contributed by atoms with Gasteiger partial charge < -0.3 is 15.0 Å². The minimum absolute atomic E-state index is 0.0167. The molecular weight excluding hydrogens is 465 g/mol. The normalized spacial score (nSPS) is 19.5. The second kappa shape index (κ2) is 10.7. The molecule has 35 heavy (non-hydrogen) atoms. The Bertz CT molecular complexity index is 1170. The van der Waals surface area contributed by atoms with Crippen LogP contribution in [0.15, 0.2) is 42.5 Å². The van der Waals surface area contributed by atoms with Gasteiger partial charge >= 0.3 is 0 Å². The first kappa shape index (κ1) is 24.3. The molecule has 5 nitrogen and oxygen atoms in total. The number of fused-ring (bicyclic) bond motifs is 1. The molecule has 7 heteroatoms.